The Hall–Kier alpha value is -0.300. The van der Waals surface area contributed by atoms with Crippen molar-refractivity contribution in [1.82, 2.24) is 5.32 Å². The van der Waals surface area contributed by atoms with Gasteiger partial charge in [-0.3, -0.25) is 0 Å². The first-order valence-electron chi connectivity index (χ1n) is 3.68. The second kappa shape index (κ2) is 5.83. The summed E-state index contributed by atoms with van der Waals surface area (Å²) < 4.78 is 0. The minimum atomic E-state index is 1.07. The van der Waals surface area contributed by atoms with E-state index in [1.165, 1.54) is 5.57 Å². The van der Waals surface area contributed by atoms with Crippen molar-refractivity contribution >= 4 is 0 Å². The van der Waals surface area contributed by atoms with Crippen molar-refractivity contribution < 1.29 is 0 Å². The van der Waals surface area contributed by atoms with E-state index in [0.29, 0.717) is 0 Å². The number of nitrogens with one attached hydrogen (secondary N) is 1. The minimum absolute atomic E-state index is 1.07. The molecule has 0 aromatic rings. The summed E-state index contributed by atoms with van der Waals surface area (Å²) in [6.07, 6.45) is 2.25. The van der Waals surface area contributed by atoms with Gasteiger partial charge in [0.1, 0.15) is 0 Å². The molecule has 1 N–H and O–H groups in total. The van der Waals surface area contributed by atoms with Gasteiger partial charge in [-0.1, -0.05) is 26.0 Å². The van der Waals surface area contributed by atoms with Crippen molar-refractivity contribution in [2.75, 3.05) is 13.1 Å². The quantitative estimate of drug-likeness (QED) is 0.439. The van der Waals surface area contributed by atoms with Crippen LogP contribution in [-0.2, 0) is 0 Å². The van der Waals surface area contributed by atoms with Crippen molar-refractivity contribution in [3.8, 4) is 0 Å². The van der Waals surface area contributed by atoms with Gasteiger partial charge < -0.3 is 5.32 Å². The average Bonchev–Trinajstić information content (AvgIpc) is 1.89. The van der Waals surface area contributed by atoms with Crippen molar-refractivity contribution in [3.63, 3.8) is 0 Å². The second-order valence-electron chi connectivity index (χ2n) is 2.21. The van der Waals surface area contributed by atoms with Crippen LogP contribution in [0.5, 0.6) is 0 Å². The maximum absolute atomic E-state index is 3.90. The first kappa shape index (κ1) is 8.70. The number of hydrogen-bond donors (Lipinski definition) is 1. The van der Waals surface area contributed by atoms with E-state index >= 15 is 0 Å². The Kier molecular flexibility index (Phi) is 5.64. The van der Waals surface area contributed by atoms with Gasteiger partial charge >= 0.3 is 0 Å². The molecule has 0 amide bonds. The summed E-state index contributed by atoms with van der Waals surface area (Å²) in [6.45, 7) is 10.3. The molecule has 0 atom stereocenters. The third-order valence-electron chi connectivity index (χ3n) is 1.41. The first-order chi connectivity index (χ1) is 4.31. The Morgan fingerprint density at radius 1 is 1.44 bits per heavy atom. The third kappa shape index (κ3) is 5.57. The first-order valence-corrected chi connectivity index (χ1v) is 3.68. The smallest absolute Gasteiger partial charge is 0.00118 e. The molecule has 0 saturated carbocycles. The second-order valence-corrected chi connectivity index (χ2v) is 2.21. The highest BCUT2D eigenvalue weighted by molar-refractivity contribution is 4.92. The molecule has 0 aromatic heterocycles. The molecule has 9 heavy (non-hydrogen) atoms. The minimum Gasteiger partial charge on any atom is -0.317 e. The van der Waals surface area contributed by atoms with Crippen molar-refractivity contribution in [1.29, 1.82) is 0 Å². The van der Waals surface area contributed by atoms with Crippen LogP contribution in [-0.4, -0.2) is 13.1 Å². The molecule has 0 radical (unpaired) electrons. The molecule has 0 aliphatic rings. The van der Waals surface area contributed by atoms with Gasteiger partial charge in [-0.2, -0.15) is 0 Å². The predicted octanol–water partition coefficient (Wildman–Crippen LogP) is 1.95. The SMILES string of the molecule is C=C(CC)CCNCC. The van der Waals surface area contributed by atoms with E-state index in [-0.39, 0.29) is 0 Å². The van der Waals surface area contributed by atoms with Gasteiger partial charge in [-0.15, -0.1) is 0 Å². The summed E-state index contributed by atoms with van der Waals surface area (Å²) in [7, 11) is 0. The van der Waals surface area contributed by atoms with Gasteiger partial charge in [0.05, 0.1) is 0 Å². The molecule has 0 aromatic carbocycles. The van der Waals surface area contributed by atoms with E-state index in [1.807, 2.05) is 0 Å². The van der Waals surface area contributed by atoms with E-state index in [9.17, 15) is 0 Å². The van der Waals surface area contributed by atoms with Crippen LogP contribution in [0.3, 0.4) is 0 Å². The summed E-state index contributed by atoms with van der Waals surface area (Å²) in [6, 6.07) is 0. The summed E-state index contributed by atoms with van der Waals surface area (Å²) in [5, 5.41) is 3.25. The average molecular weight is 127 g/mol. The molecule has 0 heterocycles. The van der Waals surface area contributed by atoms with E-state index in [2.05, 4.69) is 25.7 Å². The Morgan fingerprint density at radius 3 is 2.56 bits per heavy atom. The van der Waals surface area contributed by atoms with Crippen molar-refractivity contribution in [2.24, 2.45) is 0 Å². The maximum atomic E-state index is 3.90. The van der Waals surface area contributed by atoms with E-state index in [4.69, 9.17) is 0 Å². The Morgan fingerprint density at radius 2 is 2.11 bits per heavy atom. The highest BCUT2D eigenvalue weighted by atomic mass is 14.8. The van der Waals surface area contributed by atoms with Crippen LogP contribution in [0.25, 0.3) is 0 Å². The van der Waals surface area contributed by atoms with Gasteiger partial charge in [-0.05, 0) is 25.9 Å². The largest absolute Gasteiger partial charge is 0.317 e. The molecule has 0 fully saturated rings. The number of rotatable bonds is 5. The number of hydrogen-bond acceptors (Lipinski definition) is 1. The molecule has 0 unspecified atom stereocenters. The zero-order chi connectivity index (χ0) is 7.11. The van der Waals surface area contributed by atoms with E-state index in [0.717, 1.165) is 25.9 Å². The third-order valence-corrected chi connectivity index (χ3v) is 1.41. The van der Waals surface area contributed by atoms with Crippen LogP contribution in [0.2, 0.25) is 0 Å². The molecule has 1 heteroatoms. The summed E-state index contributed by atoms with van der Waals surface area (Å²) in [5.41, 5.74) is 1.34. The van der Waals surface area contributed by atoms with Crippen LogP contribution >= 0.6 is 0 Å². The van der Waals surface area contributed by atoms with Gasteiger partial charge in [-0.25, -0.2) is 0 Å². The van der Waals surface area contributed by atoms with Gasteiger partial charge in [0.15, 0.2) is 0 Å². The molecule has 0 aliphatic carbocycles. The lowest BCUT2D eigenvalue weighted by molar-refractivity contribution is 0.705. The van der Waals surface area contributed by atoms with Crippen LogP contribution in [0.4, 0.5) is 0 Å². The monoisotopic (exact) mass is 127 g/mol. The fourth-order valence-corrected chi connectivity index (χ4v) is 0.619. The van der Waals surface area contributed by atoms with Gasteiger partial charge in [0, 0.05) is 0 Å². The molecule has 54 valence electrons. The molecular weight excluding hydrogens is 110 g/mol. The van der Waals surface area contributed by atoms with Crippen LogP contribution < -0.4 is 5.32 Å². The molecule has 0 aliphatic heterocycles. The van der Waals surface area contributed by atoms with E-state index in [1.54, 1.807) is 0 Å². The lowest BCUT2D eigenvalue weighted by Gasteiger charge is -2.01. The lowest BCUT2D eigenvalue weighted by Crippen LogP contribution is -2.14. The Bertz CT molecular complexity index is 76.6. The van der Waals surface area contributed by atoms with Crippen LogP contribution in [0, 0.1) is 0 Å². The highest BCUT2D eigenvalue weighted by Gasteiger charge is 1.87. The van der Waals surface area contributed by atoms with Gasteiger partial charge in [0.2, 0.25) is 0 Å². The standard InChI is InChI=1S/C8H17N/c1-4-8(3)6-7-9-5-2/h9H,3-7H2,1-2H3. The molecule has 0 saturated heterocycles. The normalized spacial score (nSPS) is 9.56. The van der Waals surface area contributed by atoms with Crippen LogP contribution in [0.1, 0.15) is 26.7 Å². The zero-order valence-corrected chi connectivity index (χ0v) is 6.54. The molecule has 0 spiro atoms. The topological polar surface area (TPSA) is 12.0 Å². The lowest BCUT2D eigenvalue weighted by atomic mass is 10.2. The molecule has 0 rings (SSSR count). The fourth-order valence-electron chi connectivity index (χ4n) is 0.619. The molecular formula is C8H17N. The summed E-state index contributed by atoms with van der Waals surface area (Å²) in [4.78, 5) is 0. The highest BCUT2D eigenvalue weighted by Crippen LogP contribution is 1.99. The summed E-state index contributed by atoms with van der Waals surface area (Å²) >= 11 is 0. The summed E-state index contributed by atoms with van der Waals surface area (Å²) in [5.74, 6) is 0. The van der Waals surface area contributed by atoms with E-state index < -0.39 is 0 Å². The van der Waals surface area contributed by atoms with Crippen LogP contribution in [0.15, 0.2) is 12.2 Å². The maximum Gasteiger partial charge on any atom is -0.00118 e. The predicted molar refractivity (Wildman–Crippen MR) is 42.6 cm³/mol. The zero-order valence-electron chi connectivity index (χ0n) is 6.54. The molecule has 0 bridgehead atoms. The fraction of sp³-hybridized carbons (Fsp3) is 0.750. The van der Waals surface area contributed by atoms with Crippen molar-refractivity contribution in [3.05, 3.63) is 12.2 Å². The van der Waals surface area contributed by atoms with Crippen molar-refractivity contribution in [2.45, 2.75) is 26.7 Å². The Balaban J connectivity index is 2.97. The Labute approximate surface area is 58.2 Å². The molecule has 1 nitrogen and oxygen atoms in total. The van der Waals surface area contributed by atoms with Gasteiger partial charge in [0.25, 0.3) is 0 Å².